The van der Waals surface area contributed by atoms with Crippen molar-refractivity contribution in [1.29, 1.82) is 0 Å². The van der Waals surface area contributed by atoms with Gasteiger partial charge < -0.3 is 19.4 Å². The summed E-state index contributed by atoms with van der Waals surface area (Å²) < 4.78 is 41.2. The van der Waals surface area contributed by atoms with Gasteiger partial charge in [-0.15, -0.1) is 21.5 Å². The van der Waals surface area contributed by atoms with E-state index in [1.807, 2.05) is 11.0 Å². The number of aromatic nitrogens is 4. The second-order valence-corrected chi connectivity index (χ2v) is 14.6. The van der Waals surface area contributed by atoms with Crippen LogP contribution in [0.15, 0.2) is 53.1 Å². The van der Waals surface area contributed by atoms with Gasteiger partial charge in [0.05, 0.1) is 51.4 Å². The first-order valence-corrected chi connectivity index (χ1v) is 18.1. The number of amides is 1. The van der Waals surface area contributed by atoms with Gasteiger partial charge in [0, 0.05) is 30.1 Å². The van der Waals surface area contributed by atoms with Crippen LogP contribution in [0, 0.1) is 18.6 Å². The zero-order valence-electron chi connectivity index (χ0n) is 27.7. The van der Waals surface area contributed by atoms with Crippen LogP contribution in [-0.4, -0.2) is 44.6 Å². The Balaban J connectivity index is 1.19. The second-order valence-electron chi connectivity index (χ2n) is 13.2. The van der Waals surface area contributed by atoms with Crippen molar-refractivity contribution in [2.24, 2.45) is 0 Å². The molecule has 6 aromatic rings. The number of carbonyl (C=O) groups is 1. The molecule has 13 heteroatoms. The van der Waals surface area contributed by atoms with E-state index >= 15 is 4.39 Å². The molecule has 3 aliphatic rings. The van der Waals surface area contributed by atoms with Gasteiger partial charge in [0.1, 0.15) is 11.6 Å². The minimum Gasteiger partial charge on any atom is -0.492 e. The highest BCUT2D eigenvalue weighted by molar-refractivity contribution is 7.23. The van der Waals surface area contributed by atoms with Crippen molar-refractivity contribution < 1.29 is 22.7 Å². The predicted molar refractivity (Wildman–Crippen MR) is 190 cm³/mol. The summed E-state index contributed by atoms with van der Waals surface area (Å²) in [5.74, 6) is 0.623. The third kappa shape index (κ3) is 5.26. The summed E-state index contributed by atoms with van der Waals surface area (Å²) in [7, 11) is 1.41. The Morgan fingerprint density at radius 2 is 1.92 bits per heavy atom. The minimum absolute atomic E-state index is 0.0524. The molecule has 1 amide bonds. The Bertz CT molecular complexity index is 2380. The van der Waals surface area contributed by atoms with Gasteiger partial charge in [-0.2, -0.15) is 0 Å². The first kappa shape index (κ1) is 32.0. The number of fused-ring (bicyclic) bond motifs is 5. The first-order chi connectivity index (χ1) is 24.8. The lowest BCUT2D eigenvalue weighted by atomic mass is 9.93. The number of benzene rings is 2. The summed E-state index contributed by atoms with van der Waals surface area (Å²) in [5, 5.41) is 13.3. The number of nitrogens with one attached hydrogen (secondary N) is 1. The molecule has 9 rings (SSSR count). The number of thiophene rings is 1. The van der Waals surface area contributed by atoms with Crippen LogP contribution in [0.5, 0.6) is 5.75 Å². The second kappa shape index (κ2) is 12.4. The highest BCUT2D eigenvalue weighted by atomic mass is 35.5. The fourth-order valence-corrected chi connectivity index (χ4v) is 9.32. The Kier molecular flexibility index (Phi) is 7.77. The molecule has 1 N–H and O–H groups in total. The number of carbonyl (C=O) groups excluding carboxylic acids is 1. The Labute approximate surface area is 300 Å². The average Bonchev–Trinajstić information content (AvgIpc) is 3.96. The first-order valence-electron chi connectivity index (χ1n) is 16.9. The van der Waals surface area contributed by atoms with E-state index in [2.05, 4.69) is 21.6 Å². The van der Waals surface area contributed by atoms with Crippen molar-refractivity contribution in [2.45, 2.75) is 57.5 Å². The van der Waals surface area contributed by atoms with Crippen molar-refractivity contribution in [3.05, 3.63) is 105 Å². The molecule has 2 atom stereocenters. The number of anilines is 1. The Hall–Kier alpha value is -4.94. The topological polar surface area (TPSA) is 106 Å². The number of pyridine rings is 2. The lowest BCUT2D eigenvalue weighted by molar-refractivity contribution is 0.0776. The van der Waals surface area contributed by atoms with Crippen LogP contribution in [0.1, 0.15) is 75.7 Å². The van der Waals surface area contributed by atoms with Gasteiger partial charge in [-0.1, -0.05) is 23.7 Å². The molecule has 4 aromatic heterocycles. The highest BCUT2D eigenvalue weighted by Crippen LogP contribution is 2.51. The molecule has 1 saturated heterocycles. The third-order valence-corrected chi connectivity index (χ3v) is 11.7. The van der Waals surface area contributed by atoms with Crippen molar-refractivity contribution in [3.8, 4) is 27.6 Å². The molecule has 2 aromatic carbocycles. The molecule has 0 saturated carbocycles. The van der Waals surface area contributed by atoms with E-state index in [-0.39, 0.29) is 40.5 Å². The van der Waals surface area contributed by atoms with Crippen LogP contribution in [-0.2, 0) is 19.3 Å². The number of halogens is 3. The van der Waals surface area contributed by atoms with Gasteiger partial charge in [-0.25, -0.2) is 13.8 Å². The number of ether oxygens (including phenoxy) is 1. The summed E-state index contributed by atoms with van der Waals surface area (Å²) >= 11 is 7.92. The molecule has 51 heavy (non-hydrogen) atoms. The normalized spacial score (nSPS) is 17.7. The number of rotatable bonds is 8. The zero-order valence-corrected chi connectivity index (χ0v) is 29.3. The molecule has 0 spiro atoms. The van der Waals surface area contributed by atoms with E-state index in [1.165, 1.54) is 30.6 Å². The summed E-state index contributed by atoms with van der Waals surface area (Å²) in [6, 6.07) is 11.9. The maximum Gasteiger partial charge on any atom is 0.257 e. The number of aryl methyl sites for hydroxylation is 3. The summed E-state index contributed by atoms with van der Waals surface area (Å²) in [6.07, 6.45) is 5.80. The van der Waals surface area contributed by atoms with Crippen LogP contribution >= 0.6 is 22.9 Å². The van der Waals surface area contributed by atoms with Crippen LogP contribution in [0.25, 0.3) is 32.0 Å². The SMILES string of the molecule is COc1c(Cl)cc2c(c1F)CC[C@@H]2Nc1nccc2cc(-c3c4c(nc(CCc5ccc(F)cc5)c3-c3nnc(C)o3)C3CCCN3C4=O)sc12. The van der Waals surface area contributed by atoms with E-state index in [1.54, 1.807) is 31.3 Å². The Morgan fingerprint density at radius 1 is 1.08 bits per heavy atom. The van der Waals surface area contributed by atoms with E-state index < -0.39 is 5.82 Å². The van der Waals surface area contributed by atoms with E-state index in [0.29, 0.717) is 60.6 Å². The van der Waals surface area contributed by atoms with Crippen LogP contribution in [0.3, 0.4) is 0 Å². The molecule has 258 valence electrons. The molecule has 9 nitrogen and oxygen atoms in total. The molecule has 2 aliphatic heterocycles. The van der Waals surface area contributed by atoms with Crippen molar-refractivity contribution >= 4 is 44.7 Å². The highest BCUT2D eigenvalue weighted by Gasteiger charge is 2.45. The van der Waals surface area contributed by atoms with E-state index in [4.69, 9.17) is 30.7 Å². The van der Waals surface area contributed by atoms with Crippen LogP contribution in [0.4, 0.5) is 14.6 Å². The fraction of sp³-hybridized carbons (Fsp3) is 0.289. The number of hydrogen-bond acceptors (Lipinski definition) is 9. The minimum atomic E-state index is -0.426. The number of methoxy groups -OCH3 is 1. The number of nitrogens with zero attached hydrogens (tertiary/aromatic N) is 5. The van der Waals surface area contributed by atoms with E-state index in [0.717, 1.165) is 55.9 Å². The van der Waals surface area contributed by atoms with Crippen molar-refractivity contribution in [1.82, 2.24) is 25.1 Å². The van der Waals surface area contributed by atoms with Crippen LogP contribution in [0.2, 0.25) is 5.02 Å². The largest absolute Gasteiger partial charge is 0.492 e. The number of hydrogen-bond donors (Lipinski definition) is 1. The van der Waals surface area contributed by atoms with Gasteiger partial charge in [-0.05, 0) is 90.9 Å². The maximum absolute atomic E-state index is 15.3. The summed E-state index contributed by atoms with van der Waals surface area (Å²) in [5.41, 5.74) is 5.76. The van der Waals surface area contributed by atoms with Crippen molar-refractivity contribution in [3.63, 3.8) is 0 Å². The summed E-state index contributed by atoms with van der Waals surface area (Å²) in [6.45, 7) is 2.40. The maximum atomic E-state index is 15.3. The van der Waals surface area contributed by atoms with E-state index in [9.17, 15) is 9.18 Å². The molecule has 1 aliphatic carbocycles. The molecular weight excluding hydrogens is 694 g/mol. The Morgan fingerprint density at radius 3 is 2.71 bits per heavy atom. The average molecular weight is 725 g/mol. The molecule has 1 unspecified atom stereocenters. The molecular formula is C38H31ClF2N6O3S. The lowest BCUT2D eigenvalue weighted by Gasteiger charge is -2.17. The van der Waals surface area contributed by atoms with Gasteiger partial charge >= 0.3 is 0 Å². The van der Waals surface area contributed by atoms with Crippen molar-refractivity contribution in [2.75, 3.05) is 19.0 Å². The van der Waals surface area contributed by atoms with Gasteiger partial charge in [0.2, 0.25) is 11.8 Å². The molecule has 0 radical (unpaired) electrons. The standard InChI is InChI=1S/C38H31ClF2N6O3S/c1-18-45-46-37(50-18)29-26(11-7-19-5-8-21(40)9-6-19)43-33-27-4-3-15-47(27)38(48)31(33)30(29)28-16-20-13-14-42-36(35(20)51-28)44-25-12-10-22-23(25)17-24(39)34(49-2)32(22)41/h5-6,8-9,13-14,16-17,25,27H,3-4,7,10-12,15H2,1-2H3,(H,42,44)/t25-,27?/m0/s1. The molecule has 0 bridgehead atoms. The van der Waals surface area contributed by atoms with Gasteiger partial charge in [0.15, 0.2) is 11.6 Å². The van der Waals surface area contributed by atoms with Gasteiger partial charge in [-0.3, -0.25) is 9.78 Å². The summed E-state index contributed by atoms with van der Waals surface area (Å²) in [4.78, 5) is 26.9. The quantitative estimate of drug-likeness (QED) is 0.166. The predicted octanol–water partition coefficient (Wildman–Crippen LogP) is 8.83. The molecule has 1 fully saturated rings. The lowest BCUT2D eigenvalue weighted by Crippen LogP contribution is -2.22. The third-order valence-electron chi connectivity index (χ3n) is 10.2. The smallest absolute Gasteiger partial charge is 0.257 e. The fourth-order valence-electron chi connectivity index (χ4n) is 7.88. The monoisotopic (exact) mass is 724 g/mol. The van der Waals surface area contributed by atoms with Crippen LogP contribution < -0.4 is 10.1 Å². The van der Waals surface area contributed by atoms with Gasteiger partial charge in [0.25, 0.3) is 5.91 Å². The molecule has 6 heterocycles. The zero-order chi connectivity index (χ0) is 35.0.